The summed E-state index contributed by atoms with van der Waals surface area (Å²) in [5.74, 6) is 0.143. The molecule has 0 saturated carbocycles. The molecule has 92 valence electrons. The topological polar surface area (TPSA) is 49.3 Å². The number of phenols is 1. The van der Waals surface area contributed by atoms with Gasteiger partial charge in [0.15, 0.2) is 0 Å². The summed E-state index contributed by atoms with van der Waals surface area (Å²) in [6, 6.07) is 6.73. The molecular formula is C14H19NO2. The molecule has 0 spiro atoms. The van der Waals surface area contributed by atoms with Crippen molar-refractivity contribution in [2.45, 2.75) is 33.2 Å². The number of phenolic OH excluding ortho intramolecular Hbond substituents is 1. The quantitative estimate of drug-likeness (QED) is 0.772. The molecule has 3 heteroatoms. The molecule has 0 aliphatic carbocycles. The first-order valence-electron chi connectivity index (χ1n) is 5.58. The molecule has 1 rings (SSSR count). The number of aromatic hydroxyl groups is 1. The van der Waals surface area contributed by atoms with Crippen molar-refractivity contribution in [3.8, 4) is 5.75 Å². The SMILES string of the molecule is C/C(=C\c1ccc(O)cc1)C(=O)NC(C)(C)C. The zero-order chi connectivity index (χ0) is 13.1. The summed E-state index contributed by atoms with van der Waals surface area (Å²) in [7, 11) is 0. The van der Waals surface area contributed by atoms with Crippen LogP contribution >= 0.6 is 0 Å². The lowest BCUT2D eigenvalue weighted by Crippen LogP contribution is -2.40. The minimum Gasteiger partial charge on any atom is -0.508 e. The number of hydrogen-bond acceptors (Lipinski definition) is 2. The van der Waals surface area contributed by atoms with Crippen LogP contribution in [0.5, 0.6) is 5.75 Å². The second kappa shape index (κ2) is 5.04. The first kappa shape index (κ1) is 13.3. The second-order valence-electron chi connectivity index (χ2n) is 5.12. The maximum atomic E-state index is 11.8. The van der Waals surface area contributed by atoms with E-state index in [9.17, 15) is 4.79 Å². The van der Waals surface area contributed by atoms with Gasteiger partial charge in [-0.2, -0.15) is 0 Å². The Hall–Kier alpha value is -1.77. The third kappa shape index (κ3) is 4.72. The van der Waals surface area contributed by atoms with E-state index < -0.39 is 0 Å². The van der Waals surface area contributed by atoms with E-state index in [1.165, 1.54) is 0 Å². The number of amides is 1. The molecule has 0 saturated heterocycles. The van der Waals surface area contributed by atoms with Crippen molar-refractivity contribution < 1.29 is 9.90 Å². The molecule has 0 aliphatic rings. The van der Waals surface area contributed by atoms with Crippen LogP contribution in [-0.2, 0) is 4.79 Å². The average Bonchev–Trinajstić information content (AvgIpc) is 2.19. The van der Waals surface area contributed by atoms with Crippen molar-refractivity contribution >= 4 is 12.0 Å². The van der Waals surface area contributed by atoms with E-state index in [1.54, 1.807) is 37.3 Å². The van der Waals surface area contributed by atoms with E-state index in [1.807, 2.05) is 20.8 Å². The Labute approximate surface area is 102 Å². The minimum absolute atomic E-state index is 0.0782. The average molecular weight is 233 g/mol. The lowest BCUT2D eigenvalue weighted by atomic mass is 10.1. The first-order chi connectivity index (χ1) is 7.78. The fourth-order valence-corrected chi connectivity index (χ4v) is 1.33. The molecule has 0 aromatic heterocycles. The van der Waals surface area contributed by atoms with Crippen LogP contribution in [0.25, 0.3) is 6.08 Å². The third-order valence-corrected chi connectivity index (χ3v) is 2.12. The Bertz CT molecular complexity index is 425. The maximum Gasteiger partial charge on any atom is 0.247 e. The van der Waals surface area contributed by atoms with Gasteiger partial charge in [0.2, 0.25) is 5.91 Å². The number of hydrogen-bond donors (Lipinski definition) is 2. The largest absolute Gasteiger partial charge is 0.508 e. The van der Waals surface area contributed by atoms with Gasteiger partial charge in [0, 0.05) is 11.1 Å². The number of rotatable bonds is 2. The van der Waals surface area contributed by atoms with Crippen molar-refractivity contribution in [1.82, 2.24) is 5.32 Å². The Kier molecular flexibility index (Phi) is 3.94. The third-order valence-electron chi connectivity index (χ3n) is 2.12. The highest BCUT2D eigenvalue weighted by atomic mass is 16.3. The van der Waals surface area contributed by atoms with Gasteiger partial charge in [-0.15, -0.1) is 0 Å². The molecule has 0 aliphatic heterocycles. The fraction of sp³-hybridized carbons (Fsp3) is 0.357. The molecule has 0 fully saturated rings. The smallest absolute Gasteiger partial charge is 0.247 e. The van der Waals surface area contributed by atoms with Crippen molar-refractivity contribution in [2.24, 2.45) is 0 Å². The van der Waals surface area contributed by atoms with Gasteiger partial charge in [-0.3, -0.25) is 4.79 Å². The van der Waals surface area contributed by atoms with E-state index in [4.69, 9.17) is 5.11 Å². The van der Waals surface area contributed by atoms with Crippen molar-refractivity contribution in [3.05, 3.63) is 35.4 Å². The van der Waals surface area contributed by atoms with Crippen molar-refractivity contribution in [1.29, 1.82) is 0 Å². The summed E-state index contributed by atoms with van der Waals surface area (Å²) >= 11 is 0. The molecule has 0 atom stereocenters. The van der Waals surface area contributed by atoms with Crippen molar-refractivity contribution in [3.63, 3.8) is 0 Å². The van der Waals surface area contributed by atoms with Crippen LogP contribution in [0.3, 0.4) is 0 Å². The van der Waals surface area contributed by atoms with Crippen LogP contribution < -0.4 is 5.32 Å². The van der Waals surface area contributed by atoms with Crippen LogP contribution in [-0.4, -0.2) is 16.6 Å². The minimum atomic E-state index is -0.235. The Morgan fingerprint density at radius 3 is 2.24 bits per heavy atom. The monoisotopic (exact) mass is 233 g/mol. The molecule has 3 nitrogen and oxygen atoms in total. The first-order valence-corrected chi connectivity index (χ1v) is 5.58. The zero-order valence-electron chi connectivity index (χ0n) is 10.7. The number of benzene rings is 1. The van der Waals surface area contributed by atoms with E-state index in [2.05, 4.69) is 5.32 Å². The van der Waals surface area contributed by atoms with Gasteiger partial charge in [0.25, 0.3) is 0 Å². The van der Waals surface area contributed by atoms with Gasteiger partial charge >= 0.3 is 0 Å². The van der Waals surface area contributed by atoms with Crippen LogP contribution in [0, 0.1) is 0 Å². The van der Waals surface area contributed by atoms with Gasteiger partial charge in [-0.05, 0) is 51.5 Å². The van der Waals surface area contributed by atoms with Crippen LogP contribution in [0.4, 0.5) is 0 Å². The van der Waals surface area contributed by atoms with Crippen LogP contribution in [0.15, 0.2) is 29.8 Å². The molecule has 1 amide bonds. The molecule has 1 aromatic rings. The van der Waals surface area contributed by atoms with Gasteiger partial charge in [0.1, 0.15) is 5.75 Å². The Morgan fingerprint density at radius 1 is 1.24 bits per heavy atom. The Morgan fingerprint density at radius 2 is 1.76 bits per heavy atom. The van der Waals surface area contributed by atoms with E-state index >= 15 is 0 Å². The fourth-order valence-electron chi connectivity index (χ4n) is 1.33. The lowest BCUT2D eigenvalue weighted by Gasteiger charge is -2.20. The van der Waals surface area contributed by atoms with Crippen molar-refractivity contribution in [2.75, 3.05) is 0 Å². The second-order valence-corrected chi connectivity index (χ2v) is 5.12. The van der Waals surface area contributed by atoms with Gasteiger partial charge in [-0.25, -0.2) is 0 Å². The molecule has 1 aromatic carbocycles. The predicted octanol–water partition coefficient (Wildman–Crippen LogP) is 2.71. The summed E-state index contributed by atoms with van der Waals surface area (Å²) in [6.45, 7) is 7.60. The van der Waals surface area contributed by atoms with E-state index in [-0.39, 0.29) is 17.2 Å². The van der Waals surface area contributed by atoms with Gasteiger partial charge < -0.3 is 10.4 Å². The van der Waals surface area contributed by atoms with Crippen LogP contribution in [0.2, 0.25) is 0 Å². The maximum absolute atomic E-state index is 11.8. The van der Waals surface area contributed by atoms with Gasteiger partial charge in [-0.1, -0.05) is 12.1 Å². The zero-order valence-corrected chi connectivity index (χ0v) is 10.7. The molecule has 0 heterocycles. The normalized spacial score (nSPS) is 12.4. The van der Waals surface area contributed by atoms with E-state index in [0.717, 1.165) is 5.56 Å². The molecule has 0 unspecified atom stereocenters. The predicted molar refractivity (Wildman–Crippen MR) is 69.7 cm³/mol. The number of nitrogens with one attached hydrogen (secondary N) is 1. The summed E-state index contributed by atoms with van der Waals surface area (Å²) in [5, 5.41) is 12.0. The standard InChI is InChI=1S/C14H19NO2/c1-10(13(17)15-14(2,3)4)9-11-5-7-12(16)8-6-11/h5-9,16H,1-4H3,(H,15,17)/b10-9+. The molecule has 17 heavy (non-hydrogen) atoms. The molecule has 0 bridgehead atoms. The summed E-state index contributed by atoms with van der Waals surface area (Å²) in [5.41, 5.74) is 1.30. The highest BCUT2D eigenvalue weighted by Crippen LogP contribution is 2.13. The highest BCUT2D eigenvalue weighted by molar-refractivity contribution is 5.97. The summed E-state index contributed by atoms with van der Waals surface area (Å²) in [4.78, 5) is 11.8. The summed E-state index contributed by atoms with van der Waals surface area (Å²) in [6.07, 6.45) is 1.79. The number of carbonyl (C=O) groups is 1. The Balaban J connectivity index is 2.79. The van der Waals surface area contributed by atoms with E-state index in [0.29, 0.717) is 5.57 Å². The molecular weight excluding hydrogens is 214 g/mol. The van der Waals surface area contributed by atoms with Crippen LogP contribution in [0.1, 0.15) is 33.3 Å². The summed E-state index contributed by atoms with van der Waals surface area (Å²) < 4.78 is 0. The lowest BCUT2D eigenvalue weighted by molar-refractivity contribution is -0.118. The highest BCUT2D eigenvalue weighted by Gasteiger charge is 2.14. The van der Waals surface area contributed by atoms with Gasteiger partial charge in [0.05, 0.1) is 0 Å². The molecule has 2 N–H and O–H groups in total. The number of carbonyl (C=O) groups excluding carboxylic acids is 1. The molecule has 0 radical (unpaired) electrons.